The number of amides is 2. The normalized spacial score (nSPS) is 11.5. The molecule has 2 heterocycles. The number of halogens is 4. The average molecular weight is 596 g/mol. The van der Waals surface area contributed by atoms with Crippen molar-refractivity contribution >= 4 is 34.4 Å². The number of hydrogen-bond acceptors (Lipinski definition) is 4. The van der Waals surface area contributed by atoms with E-state index < -0.39 is 40.4 Å². The van der Waals surface area contributed by atoms with Gasteiger partial charge >= 0.3 is 17.3 Å². The number of fused-ring (bicyclic) bond motifs is 1. The van der Waals surface area contributed by atoms with E-state index in [-0.39, 0.29) is 28.7 Å². The van der Waals surface area contributed by atoms with Gasteiger partial charge in [0.15, 0.2) is 0 Å². The SMILES string of the molecule is Cc1ccccc1C(=O)Nn1c(=O)c(=O)[nH]c2cc(C(F)(F)F)c(-n3ccc(C(=O)NCc4ccc(Cl)cc4)c3)cc21. The maximum absolute atomic E-state index is 14.2. The Kier molecular flexibility index (Phi) is 7.48. The lowest BCUT2D eigenvalue weighted by atomic mass is 10.1. The predicted molar refractivity (Wildman–Crippen MR) is 151 cm³/mol. The summed E-state index contributed by atoms with van der Waals surface area (Å²) in [5, 5.41) is 3.22. The van der Waals surface area contributed by atoms with E-state index in [0.717, 1.165) is 16.2 Å². The summed E-state index contributed by atoms with van der Waals surface area (Å²) in [5.74, 6) is -1.28. The summed E-state index contributed by atoms with van der Waals surface area (Å²) >= 11 is 5.87. The number of carbonyl (C=O) groups is 2. The Morgan fingerprint density at radius 2 is 1.69 bits per heavy atom. The molecular formula is C29H21ClF3N5O4. The molecule has 5 rings (SSSR count). The van der Waals surface area contributed by atoms with E-state index in [4.69, 9.17) is 11.6 Å². The molecule has 214 valence electrons. The van der Waals surface area contributed by atoms with Crippen LogP contribution in [0.3, 0.4) is 0 Å². The van der Waals surface area contributed by atoms with Gasteiger partial charge in [-0.3, -0.25) is 24.6 Å². The average Bonchev–Trinajstić information content (AvgIpc) is 3.44. The van der Waals surface area contributed by atoms with Gasteiger partial charge in [-0.15, -0.1) is 0 Å². The van der Waals surface area contributed by atoms with Gasteiger partial charge in [-0.25, -0.2) is 4.68 Å². The van der Waals surface area contributed by atoms with Crippen LogP contribution >= 0.6 is 11.6 Å². The number of aromatic nitrogens is 3. The molecule has 3 aromatic carbocycles. The van der Waals surface area contributed by atoms with Crippen LogP contribution in [0.5, 0.6) is 0 Å². The molecule has 0 saturated carbocycles. The number of aromatic amines is 1. The van der Waals surface area contributed by atoms with E-state index in [1.165, 1.54) is 24.5 Å². The molecule has 3 N–H and O–H groups in total. The predicted octanol–water partition coefficient (Wildman–Crippen LogP) is 4.78. The topological polar surface area (TPSA) is 118 Å². The summed E-state index contributed by atoms with van der Waals surface area (Å²) in [4.78, 5) is 53.0. The van der Waals surface area contributed by atoms with Crippen molar-refractivity contribution in [1.29, 1.82) is 0 Å². The Labute approximate surface area is 240 Å². The molecule has 13 heteroatoms. The van der Waals surface area contributed by atoms with Gasteiger partial charge in [0.2, 0.25) is 0 Å². The highest BCUT2D eigenvalue weighted by atomic mass is 35.5. The van der Waals surface area contributed by atoms with Crippen LogP contribution in [0.15, 0.2) is 88.7 Å². The highest BCUT2D eigenvalue weighted by molar-refractivity contribution is 6.30. The number of carbonyl (C=O) groups excluding carboxylic acids is 2. The number of benzene rings is 3. The Morgan fingerprint density at radius 1 is 0.976 bits per heavy atom. The zero-order valence-electron chi connectivity index (χ0n) is 21.8. The monoisotopic (exact) mass is 595 g/mol. The molecule has 0 fully saturated rings. The standard InChI is InChI=1S/C29H21ClF3N5O4/c1-16-4-2-3-5-20(16)26(40)36-38-24-13-23(21(29(31,32)33)12-22(24)35-27(41)28(38)42)37-11-10-18(15-37)25(39)34-14-17-6-8-19(30)9-7-17/h2-13,15H,14H2,1H3,(H,34,39)(H,35,41)(H,36,40). The third-order valence-electron chi connectivity index (χ3n) is 6.51. The molecule has 0 atom stereocenters. The fourth-order valence-electron chi connectivity index (χ4n) is 4.36. The fraction of sp³-hybridized carbons (Fsp3) is 0.103. The number of nitrogens with one attached hydrogen (secondary N) is 3. The maximum atomic E-state index is 14.2. The summed E-state index contributed by atoms with van der Waals surface area (Å²) in [7, 11) is 0. The van der Waals surface area contributed by atoms with E-state index in [9.17, 15) is 32.3 Å². The van der Waals surface area contributed by atoms with Gasteiger partial charge in [0.1, 0.15) is 0 Å². The van der Waals surface area contributed by atoms with Gasteiger partial charge in [0, 0.05) is 29.5 Å². The quantitative estimate of drug-likeness (QED) is 0.245. The highest BCUT2D eigenvalue weighted by Gasteiger charge is 2.35. The molecule has 0 aliphatic heterocycles. The van der Waals surface area contributed by atoms with E-state index in [1.54, 1.807) is 49.4 Å². The second-order valence-electron chi connectivity index (χ2n) is 9.35. The second kappa shape index (κ2) is 11.1. The van der Waals surface area contributed by atoms with E-state index >= 15 is 0 Å². The maximum Gasteiger partial charge on any atom is 0.418 e. The zero-order valence-corrected chi connectivity index (χ0v) is 22.5. The number of rotatable bonds is 6. The molecule has 0 spiro atoms. The van der Waals surface area contributed by atoms with Crippen LogP contribution in [-0.4, -0.2) is 26.0 Å². The molecule has 2 aromatic heterocycles. The minimum Gasteiger partial charge on any atom is -0.348 e. The first-order chi connectivity index (χ1) is 19.9. The minimum absolute atomic E-state index is 0.0731. The Bertz CT molecular complexity index is 1960. The molecule has 9 nitrogen and oxygen atoms in total. The summed E-state index contributed by atoms with van der Waals surface area (Å²) in [6.07, 6.45) is -2.42. The van der Waals surface area contributed by atoms with Crippen LogP contribution < -0.4 is 21.9 Å². The van der Waals surface area contributed by atoms with Crippen molar-refractivity contribution in [3.8, 4) is 5.69 Å². The summed E-state index contributed by atoms with van der Waals surface area (Å²) in [5.41, 5.74) is -0.626. The number of H-pyrrole nitrogens is 1. The molecule has 0 saturated heterocycles. The Balaban J connectivity index is 1.56. The zero-order chi connectivity index (χ0) is 30.2. The Morgan fingerprint density at radius 3 is 2.38 bits per heavy atom. The van der Waals surface area contributed by atoms with E-state index in [1.807, 2.05) is 0 Å². The van der Waals surface area contributed by atoms with Crippen LogP contribution in [0.2, 0.25) is 5.02 Å². The Hall–Kier alpha value is -5.10. The lowest BCUT2D eigenvalue weighted by Crippen LogP contribution is -2.42. The lowest BCUT2D eigenvalue weighted by Gasteiger charge is -2.18. The van der Waals surface area contributed by atoms with Crippen molar-refractivity contribution in [3.05, 3.63) is 133 Å². The molecule has 42 heavy (non-hydrogen) atoms. The van der Waals surface area contributed by atoms with E-state index in [0.29, 0.717) is 21.3 Å². The van der Waals surface area contributed by atoms with Crippen molar-refractivity contribution in [1.82, 2.24) is 19.5 Å². The van der Waals surface area contributed by atoms with Crippen LogP contribution in [0.1, 0.15) is 37.4 Å². The number of nitrogens with zero attached hydrogens (tertiary/aromatic N) is 2. The summed E-state index contributed by atoms with van der Waals surface area (Å²) in [6, 6.07) is 16.2. The van der Waals surface area contributed by atoms with Crippen molar-refractivity contribution in [2.24, 2.45) is 0 Å². The van der Waals surface area contributed by atoms with Crippen LogP contribution in [-0.2, 0) is 12.7 Å². The molecule has 0 bridgehead atoms. The minimum atomic E-state index is -4.88. The van der Waals surface area contributed by atoms with Gasteiger partial charge in [0.05, 0.1) is 27.8 Å². The van der Waals surface area contributed by atoms with Crippen LogP contribution in [0.25, 0.3) is 16.7 Å². The highest BCUT2D eigenvalue weighted by Crippen LogP contribution is 2.36. The van der Waals surface area contributed by atoms with Gasteiger partial charge in [0.25, 0.3) is 11.8 Å². The van der Waals surface area contributed by atoms with Crippen molar-refractivity contribution < 1.29 is 22.8 Å². The summed E-state index contributed by atoms with van der Waals surface area (Å²) in [6.45, 7) is 1.82. The van der Waals surface area contributed by atoms with Gasteiger partial charge in [-0.05, 0) is 54.4 Å². The molecular weight excluding hydrogens is 575 g/mol. The van der Waals surface area contributed by atoms with Crippen molar-refractivity contribution in [2.75, 3.05) is 5.43 Å². The van der Waals surface area contributed by atoms with Crippen LogP contribution in [0, 0.1) is 6.92 Å². The fourth-order valence-corrected chi connectivity index (χ4v) is 4.48. The van der Waals surface area contributed by atoms with Crippen LogP contribution in [0.4, 0.5) is 13.2 Å². The lowest BCUT2D eigenvalue weighted by molar-refractivity contribution is -0.137. The van der Waals surface area contributed by atoms with Gasteiger partial charge in [-0.1, -0.05) is 41.9 Å². The number of hydrogen-bond donors (Lipinski definition) is 3. The van der Waals surface area contributed by atoms with E-state index in [2.05, 4.69) is 15.7 Å². The van der Waals surface area contributed by atoms with Crippen molar-refractivity contribution in [3.63, 3.8) is 0 Å². The third kappa shape index (κ3) is 5.70. The second-order valence-corrected chi connectivity index (χ2v) is 9.79. The number of alkyl halides is 3. The molecule has 5 aromatic rings. The largest absolute Gasteiger partial charge is 0.418 e. The van der Waals surface area contributed by atoms with Gasteiger partial charge in [-0.2, -0.15) is 13.2 Å². The van der Waals surface area contributed by atoms with Crippen molar-refractivity contribution in [2.45, 2.75) is 19.6 Å². The smallest absolute Gasteiger partial charge is 0.348 e. The molecule has 0 aliphatic carbocycles. The van der Waals surface area contributed by atoms with Gasteiger partial charge < -0.3 is 14.9 Å². The molecule has 0 unspecified atom stereocenters. The number of aryl methyl sites for hydroxylation is 1. The summed E-state index contributed by atoms with van der Waals surface area (Å²) < 4.78 is 44.2. The first-order valence-electron chi connectivity index (χ1n) is 12.4. The first kappa shape index (κ1) is 28.4. The third-order valence-corrected chi connectivity index (χ3v) is 6.76. The molecule has 2 amide bonds. The first-order valence-corrected chi connectivity index (χ1v) is 12.8. The molecule has 0 radical (unpaired) electrons. The molecule has 0 aliphatic rings.